The summed E-state index contributed by atoms with van der Waals surface area (Å²) in [6.07, 6.45) is 10.9. The molecule has 0 aromatic heterocycles. The average Bonchev–Trinajstić information content (AvgIpc) is 2.42. The predicted molar refractivity (Wildman–Crippen MR) is 85.8 cm³/mol. The molecule has 0 amide bonds. The maximum absolute atomic E-state index is 6.36. The van der Waals surface area contributed by atoms with Crippen LogP contribution in [-0.4, -0.2) is 42.9 Å². The molecule has 2 nitrogen and oxygen atoms in total. The summed E-state index contributed by atoms with van der Waals surface area (Å²) in [5.74, 6) is 0.801. The van der Waals surface area contributed by atoms with Crippen LogP contribution in [0.5, 0.6) is 0 Å². The quantitative estimate of drug-likeness (QED) is 0.476. The van der Waals surface area contributed by atoms with Crippen LogP contribution in [0.4, 0.5) is 0 Å². The van der Waals surface area contributed by atoms with Gasteiger partial charge in [0.15, 0.2) is 0 Å². The Kier molecular flexibility index (Phi) is 7.96. The Morgan fingerprint density at radius 3 is 2.52 bits per heavy atom. The van der Waals surface area contributed by atoms with E-state index in [1.165, 1.54) is 68.9 Å². The maximum atomic E-state index is 6.36. The highest BCUT2D eigenvalue weighted by Gasteiger charge is 2.43. The van der Waals surface area contributed by atoms with Crippen LogP contribution in [0.15, 0.2) is 0 Å². The van der Waals surface area contributed by atoms with Crippen LogP contribution < -0.4 is 24.0 Å². The molecule has 2 heterocycles. The van der Waals surface area contributed by atoms with Gasteiger partial charge in [-0.2, -0.15) is 0 Å². The zero-order valence-corrected chi connectivity index (χ0v) is 16.8. The van der Waals surface area contributed by atoms with Crippen molar-refractivity contribution >= 4 is 0 Å². The van der Waals surface area contributed by atoms with Crippen molar-refractivity contribution in [1.29, 1.82) is 0 Å². The van der Waals surface area contributed by atoms with Crippen LogP contribution in [0.3, 0.4) is 0 Å². The first-order valence-electron chi connectivity index (χ1n) is 8.95. The lowest BCUT2D eigenvalue weighted by atomic mass is 9.82. The molecule has 0 saturated carbocycles. The third kappa shape index (κ3) is 5.35. The summed E-state index contributed by atoms with van der Waals surface area (Å²) in [7, 11) is 2.50. The number of fused-ring (bicyclic) bond motifs is 1. The first-order valence-corrected chi connectivity index (χ1v) is 8.95. The van der Waals surface area contributed by atoms with Crippen molar-refractivity contribution in [2.45, 2.75) is 83.8 Å². The van der Waals surface area contributed by atoms with Gasteiger partial charge in [-0.15, -0.1) is 0 Å². The Morgan fingerprint density at radius 2 is 1.81 bits per heavy atom. The van der Waals surface area contributed by atoms with Crippen molar-refractivity contribution in [2.24, 2.45) is 5.92 Å². The molecule has 0 aromatic rings. The van der Waals surface area contributed by atoms with Crippen molar-refractivity contribution in [3.05, 3.63) is 0 Å². The first kappa shape index (κ1) is 19.7. The van der Waals surface area contributed by atoms with Gasteiger partial charge in [0, 0.05) is 12.3 Å². The van der Waals surface area contributed by atoms with E-state index in [0.29, 0.717) is 0 Å². The monoisotopic (exact) mass is 409 g/mol. The summed E-state index contributed by atoms with van der Waals surface area (Å²) in [4.78, 5) is 0. The summed E-state index contributed by atoms with van der Waals surface area (Å²) in [5.41, 5.74) is 0.0749. The average molecular weight is 409 g/mol. The number of ether oxygens (including phenoxy) is 1. The third-order valence-electron chi connectivity index (χ3n) is 5.83. The Labute approximate surface area is 149 Å². The minimum Gasteiger partial charge on any atom is -1.00 e. The molecule has 0 radical (unpaired) electrons. The molecule has 0 aromatic carbocycles. The van der Waals surface area contributed by atoms with Gasteiger partial charge < -0.3 is 33.2 Å². The Balaban J connectivity index is 0.00000220. The topological polar surface area (TPSA) is 9.23 Å². The van der Waals surface area contributed by atoms with Gasteiger partial charge in [0.05, 0.1) is 38.4 Å². The number of piperidine rings is 2. The zero-order valence-electron chi connectivity index (χ0n) is 14.7. The summed E-state index contributed by atoms with van der Waals surface area (Å²) >= 11 is 0. The molecule has 3 atom stereocenters. The van der Waals surface area contributed by atoms with E-state index in [1.54, 1.807) is 0 Å². The number of nitrogens with zero attached hydrogens (tertiary/aromatic N) is 1. The molecule has 0 bridgehead atoms. The highest BCUT2D eigenvalue weighted by Crippen LogP contribution is 2.36. The number of halogens is 1. The normalized spacial score (nSPS) is 33.1. The summed E-state index contributed by atoms with van der Waals surface area (Å²) in [5, 5.41) is 0. The molecule has 2 aliphatic heterocycles. The van der Waals surface area contributed by atoms with Crippen molar-refractivity contribution in [3.8, 4) is 0 Å². The lowest BCUT2D eigenvalue weighted by molar-refractivity contribution is -0.947. The Hall–Kier alpha value is 0.650. The fourth-order valence-corrected chi connectivity index (χ4v) is 4.44. The van der Waals surface area contributed by atoms with Crippen LogP contribution in [-0.2, 0) is 4.74 Å². The summed E-state index contributed by atoms with van der Waals surface area (Å²) in [6, 6.07) is 0.875. The molecule has 2 rings (SSSR count). The van der Waals surface area contributed by atoms with E-state index in [4.69, 9.17) is 4.74 Å². The zero-order chi connectivity index (χ0) is 14.6. The predicted octanol–water partition coefficient (Wildman–Crippen LogP) is 1.38. The molecule has 2 aliphatic rings. The number of unbranched alkanes of at least 4 members (excludes halogenated alkanes) is 1. The Bertz CT molecular complexity index is 304. The van der Waals surface area contributed by atoms with Gasteiger partial charge in [0.25, 0.3) is 0 Å². The van der Waals surface area contributed by atoms with E-state index in [0.717, 1.165) is 18.6 Å². The summed E-state index contributed by atoms with van der Waals surface area (Å²) < 4.78 is 7.69. The third-order valence-corrected chi connectivity index (χ3v) is 5.83. The number of hydrogen-bond donors (Lipinski definition) is 0. The van der Waals surface area contributed by atoms with Crippen molar-refractivity contribution in [1.82, 2.24) is 0 Å². The maximum Gasteiger partial charge on any atom is 0.0939 e. The van der Waals surface area contributed by atoms with Gasteiger partial charge >= 0.3 is 0 Å². The summed E-state index contributed by atoms with van der Waals surface area (Å²) in [6.45, 7) is 10.6. The van der Waals surface area contributed by atoms with E-state index in [1.807, 2.05) is 0 Å². The highest BCUT2D eigenvalue weighted by molar-refractivity contribution is 4.80. The van der Waals surface area contributed by atoms with E-state index in [9.17, 15) is 0 Å². The second-order valence-electron chi connectivity index (χ2n) is 8.07. The van der Waals surface area contributed by atoms with Gasteiger partial charge in [0.1, 0.15) is 0 Å². The van der Waals surface area contributed by atoms with Crippen LogP contribution in [0.2, 0.25) is 0 Å². The molecule has 2 fully saturated rings. The van der Waals surface area contributed by atoms with Gasteiger partial charge in [-0.1, -0.05) is 19.8 Å². The van der Waals surface area contributed by atoms with Gasteiger partial charge in [-0.3, -0.25) is 0 Å². The lowest BCUT2D eigenvalue weighted by Crippen LogP contribution is -3.00. The molecule has 21 heavy (non-hydrogen) atoms. The second kappa shape index (κ2) is 8.49. The van der Waals surface area contributed by atoms with Crippen LogP contribution in [0.1, 0.15) is 72.1 Å². The van der Waals surface area contributed by atoms with Crippen LogP contribution in [0, 0.1) is 5.92 Å². The van der Waals surface area contributed by atoms with Gasteiger partial charge in [-0.25, -0.2) is 0 Å². The smallest absolute Gasteiger partial charge is 0.0939 e. The van der Waals surface area contributed by atoms with Crippen LogP contribution >= 0.6 is 0 Å². The number of quaternary nitrogens is 1. The SMILES string of the molecule is CCCCC(C)(C)OCC1CCC[N+]2(C)CCCCC12.[I-]. The molecule has 3 heteroatoms. The molecule has 3 unspecified atom stereocenters. The molecular formula is C18H36INO. The van der Waals surface area contributed by atoms with Gasteiger partial charge in [-0.05, 0) is 46.0 Å². The minimum atomic E-state index is 0. The minimum absolute atomic E-state index is 0. The standard InChI is InChI=1S/C18H36NO.HI/c1-5-6-12-18(2,3)20-15-16-10-9-14-19(4)13-8-7-11-17(16)19;/h16-17H,5-15H2,1-4H3;1H/q+1;/p-1. The Morgan fingerprint density at radius 1 is 1.10 bits per heavy atom. The van der Waals surface area contributed by atoms with E-state index >= 15 is 0 Å². The lowest BCUT2D eigenvalue weighted by Gasteiger charge is -2.51. The molecule has 0 N–H and O–H groups in total. The van der Waals surface area contributed by atoms with E-state index in [2.05, 4.69) is 27.8 Å². The van der Waals surface area contributed by atoms with E-state index < -0.39 is 0 Å². The highest BCUT2D eigenvalue weighted by atomic mass is 127. The van der Waals surface area contributed by atoms with E-state index in [-0.39, 0.29) is 29.6 Å². The molecule has 126 valence electrons. The second-order valence-corrected chi connectivity index (χ2v) is 8.07. The molecular weight excluding hydrogens is 373 g/mol. The molecule has 2 saturated heterocycles. The first-order chi connectivity index (χ1) is 9.47. The van der Waals surface area contributed by atoms with Gasteiger partial charge in [0.2, 0.25) is 0 Å². The largest absolute Gasteiger partial charge is 1.00 e. The molecule has 0 spiro atoms. The fraction of sp³-hybridized carbons (Fsp3) is 1.00. The number of hydrogen-bond acceptors (Lipinski definition) is 1. The van der Waals surface area contributed by atoms with Crippen molar-refractivity contribution in [2.75, 3.05) is 26.7 Å². The van der Waals surface area contributed by atoms with Crippen LogP contribution in [0.25, 0.3) is 0 Å². The number of rotatable bonds is 6. The molecule has 0 aliphatic carbocycles. The fourth-order valence-electron chi connectivity index (χ4n) is 4.44. The van der Waals surface area contributed by atoms with Crippen molar-refractivity contribution in [3.63, 3.8) is 0 Å². The van der Waals surface area contributed by atoms with Crippen molar-refractivity contribution < 1.29 is 33.2 Å².